The molecule has 90 heavy (non-hydrogen) atoms. The zero-order valence-corrected chi connectivity index (χ0v) is 51.0. The number of nitrogens with one attached hydrogen (secondary N) is 1. The van der Waals surface area contributed by atoms with Crippen LogP contribution in [-0.2, 0) is 93.9 Å². The number of nitrogens with zero attached hydrogens (tertiary/aromatic N) is 2. The number of anilines is 1. The van der Waals surface area contributed by atoms with Gasteiger partial charge in [0.15, 0.2) is 11.3 Å². The van der Waals surface area contributed by atoms with Crippen LogP contribution in [0, 0.1) is 46.3 Å². The molecule has 25 heteroatoms. The van der Waals surface area contributed by atoms with E-state index in [1.807, 2.05) is 12.1 Å². The van der Waals surface area contributed by atoms with Crippen molar-refractivity contribution < 1.29 is 100 Å². The molecule has 0 aromatic heterocycles. The summed E-state index contributed by atoms with van der Waals surface area (Å²) >= 11 is 0.972. The minimum atomic E-state index is -0.676. The van der Waals surface area contributed by atoms with Gasteiger partial charge >= 0.3 is 59.7 Å². The quantitative estimate of drug-likeness (QED) is 0.0207. The topological polar surface area (TPSA) is 332 Å². The zero-order valence-electron chi connectivity index (χ0n) is 50.2. The Balaban J connectivity index is 0.885. The van der Waals surface area contributed by atoms with Crippen molar-refractivity contribution in [3.05, 3.63) is 108 Å². The minimum Gasteiger partial charge on any atom is -0.465 e. The Morgan fingerprint density at radius 1 is 0.511 bits per heavy atom. The number of ether oxygens (including phenoxy) is 11. The molecule has 3 aromatic rings. The molecule has 2 saturated carbocycles. The number of esters is 10. The van der Waals surface area contributed by atoms with Crippen LogP contribution in [-0.4, -0.2) is 111 Å². The number of rotatable bonds is 31. The molecule has 2 aliphatic carbocycles. The van der Waals surface area contributed by atoms with E-state index in [9.17, 15) is 58.5 Å². The molecule has 0 amide bonds. The fourth-order valence-electron chi connectivity index (χ4n) is 9.38. The SMILES string of the molecule is C=CC(=O)OCC(C)OCC(C)OC(=O)CCC(=O)OCCc1ccc(OC(=O)C2CCC(C(=O)Oc3ccc(OC(=O)C4CCC(C(=O)Oc5ccc(CCOC(=O)CCC(=O)OCC(C)OC(=O)C=C)cc5)CC4)c4c3NC(=C(C#N)C#N)S4)CC2)cc1. The third-order valence-corrected chi connectivity index (χ3v) is 15.5. The van der Waals surface area contributed by atoms with E-state index in [0.717, 1.165) is 35.0 Å². The molecule has 24 nitrogen and oxygen atoms in total. The van der Waals surface area contributed by atoms with Crippen molar-refractivity contribution in [1.29, 1.82) is 10.5 Å². The summed E-state index contributed by atoms with van der Waals surface area (Å²) in [6, 6.07) is 20.0. The first kappa shape index (κ1) is 69.8. The van der Waals surface area contributed by atoms with E-state index in [0.29, 0.717) is 80.6 Å². The number of allylic oxidation sites excluding steroid dienone is 1. The lowest BCUT2D eigenvalue weighted by Crippen LogP contribution is -2.30. The van der Waals surface area contributed by atoms with Crippen LogP contribution in [0.5, 0.6) is 23.0 Å². The number of carbonyl (C=O) groups is 10. The van der Waals surface area contributed by atoms with Gasteiger partial charge in [-0.1, -0.05) is 49.2 Å². The van der Waals surface area contributed by atoms with Crippen LogP contribution in [0.1, 0.15) is 109 Å². The van der Waals surface area contributed by atoms with E-state index >= 15 is 0 Å². The van der Waals surface area contributed by atoms with Gasteiger partial charge in [-0.3, -0.25) is 38.4 Å². The summed E-state index contributed by atoms with van der Waals surface area (Å²) in [5, 5.41) is 22.5. The average molecular weight is 1260 g/mol. The molecule has 3 aliphatic rings. The monoisotopic (exact) mass is 1260 g/mol. The van der Waals surface area contributed by atoms with E-state index in [1.54, 1.807) is 69.3 Å². The number of carbonyl (C=O) groups excluding carboxylic acids is 10. The van der Waals surface area contributed by atoms with Gasteiger partial charge in [0.05, 0.1) is 80.2 Å². The Bertz CT molecular complexity index is 3210. The maximum absolute atomic E-state index is 13.7. The van der Waals surface area contributed by atoms with Crippen LogP contribution in [0.25, 0.3) is 0 Å². The van der Waals surface area contributed by atoms with Gasteiger partial charge in [-0.15, -0.1) is 0 Å². The van der Waals surface area contributed by atoms with Crippen LogP contribution in [0.3, 0.4) is 0 Å². The van der Waals surface area contributed by atoms with Crippen molar-refractivity contribution in [2.45, 2.75) is 134 Å². The molecule has 478 valence electrons. The molecule has 3 aromatic carbocycles. The number of thioether (sulfide) groups is 1. The van der Waals surface area contributed by atoms with E-state index in [1.165, 1.54) is 12.1 Å². The molecule has 0 spiro atoms. The van der Waals surface area contributed by atoms with Crippen molar-refractivity contribution in [3.63, 3.8) is 0 Å². The first-order chi connectivity index (χ1) is 43.2. The highest BCUT2D eigenvalue weighted by molar-refractivity contribution is 8.03. The van der Waals surface area contributed by atoms with E-state index in [-0.39, 0.29) is 86.5 Å². The number of hydrogen-bond donors (Lipinski definition) is 1. The summed E-state index contributed by atoms with van der Waals surface area (Å²) in [4.78, 5) is 125. The predicted molar refractivity (Wildman–Crippen MR) is 317 cm³/mol. The second-order valence-electron chi connectivity index (χ2n) is 21.3. The van der Waals surface area contributed by atoms with Gasteiger partial charge in [0.25, 0.3) is 0 Å². The third-order valence-electron chi connectivity index (χ3n) is 14.4. The van der Waals surface area contributed by atoms with Gasteiger partial charge in [0.1, 0.15) is 65.5 Å². The van der Waals surface area contributed by atoms with E-state index < -0.39 is 102 Å². The molecule has 1 N–H and O–H groups in total. The molecule has 0 saturated heterocycles. The molecule has 0 radical (unpaired) electrons. The third kappa shape index (κ3) is 22.7. The molecular formula is C65H71N3O21S. The van der Waals surface area contributed by atoms with Crippen LogP contribution < -0.4 is 24.3 Å². The Kier molecular flexibility index (Phi) is 27.6. The fraction of sp³-hybridized carbons (Fsp3) is 0.446. The second kappa shape index (κ2) is 35.6. The van der Waals surface area contributed by atoms with Crippen LogP contribution in [0.4, 0.5) is 5.69 Å². The Morgan fingerprint density at radius 3 is 1.39 bits per heavy atom. The highest BCUT2D eigenvalue weighted by Gasteiger charge is 2.37. The molecule has 1 heterocycles. The van der Waals surface area contributed by atoms with Gasteiger partial charge in [-0.2, -0.15) is 10.5 Å². The molecular weight excluding hydrogens is 1190 g/mol. The van der Waals surface area contributed by atoms with E-state index in [2.05, 4.69) is 18.5 Å². The summed E-state index contributed by atoms with van der Waals surface area (Å²) in [6.07, 6.45) is 2.97. The molecule has 6 rings (SSSR count). The molecule has 1 aliphatic heterocycles. The highest BCUT2D eigenvalue weighted by atomic mass is 32.2. The summed E-state index contributed by atoms with van der Waals surface area (Å²) < 4.78 is 59.3. The predicted octanol–water partition coefficient (Wildman–Crippen LogP) is 8.56. The maximum atomic E-state index is 13.7. The molecule has 3 unspecified atom stereocenters. The summed E-state index contributed by atoms with van der Waals surface area (Å²) in [5.74, 6) is -6.97. The molecule has 2 fully saturated rings. The maximum Gasteiger partial charge on any atom is 0.330 e. The number of hydrogen-bond acceptors (Lipinski definition) is 25. The molecule has 3 atom stereocenters. The van der Waals surface area contributed by atoms with Crippen molar-refractivity contribution in [2.75, 3.05) is 38.4 Å². The lowest BCUT2D eigenvalue weighted by Gasteiger charge is -2.26. The Labute approximate surface area is 524 Å². The first-order valence-electron chi connectivity index (χ1n) is 29.4. The number of fused-ring (bicyclic) bond motifs is 1. The minimum absolute atomic E-state index is 0.0128. The van der Waals surface area contributed by atoms with Crippen molar-refractivity contribution in [1.82, 2.24) is 0 Å². The van der Waals surface area contributed by atoms with Gasteiger partial charge in [0, 0.05) is 25.0 Å². The normalized spacial score (nSPS) is 17.4. The second-order valence-corrected chi connectivity index (χ2v) is 22.4. The lowest BCUT2D eigenvalue weighted by molar-refractivity contribution is -0.156. The van der Waals surface area contributed by atoms with Crippen LogP contribution >= 0.6 is 11.8 Å². The summed E-state index contributed by atoms with van der Waals surface area (Å²) in [7, 11) is 0. The van der Waals surface area contributed by atoms with Crippen LogP contribution in [0.15, 0.2) is 101 Å². The zero-order chi connectivity index (χ0) is 65.1. The Morgan fingerprint density at radius 2 is 0.922 bits per heavy atom. The van der Waals surface area contributed by atoms with Crippen molar-refractivity contribution >= 4 is 77.1 Å². The van der Waals surface area contributed by atoms with Crippen molar-refractivity contribution in [2.24, 2.45) is 23.7 Å². The summed E-state index contributed by atoms with van der Waals surface area (Å²) in [5.41, 5.74) is 1.58. The molecule has 0 bridgehead atoms. The average Bonchev–Trinajstić information content (AvgIpc) is 1.67. The number of nitriles is 2. The lowest BCUT2D eigenvalue weighted by atomic mass is 9.82. The van der Waals surface area contributed by atoms with Gasteiger partial charge in [0.2, 0.25) is 0 Å². The van der Waals surface area contributed by atoms with Gasteiger partial charge in [-0.05, 0) is 120 Å². The van der Waals surface area contributed by atoms with Crippen molar-refractivity contribution in [3.8, 4) is 35.1 Å². The van der Waals surface area contributed by atoms with Gasteiger partial charge < -0.3 is 57.4 Å². The smallest absolute Gasteiger partial charge is 0.330 e. The van der Waals surface area contributed by atoms with Gasteiger partial charge in [-0.25, -0.2) is 9.59 Å². The largest absolute Gasteiger partial charge is 0.465 e. The van der Waals surface area contributed by atoms with E-state index in [4.69, 9.17) is 52.1 Å². The number of benzene rings is 3. The Hall–Kier alpha value is -9.33. The van der Waals surface area contributed by atoms with Crippen LogP contribution in [0.2, 0.25) is 0 Å². The fourth-order valence-corrected chi connectivity index (χ4v) is 10.4. The highest BCUT2D eigenvalue weighted by Crippen LogP contribution is 2.52. The summed E-state index contributed by atoms with van der Waals surface area (Å²) in [6.45, 7) is 11.5. The standard InChI is InChI=1S/C65H71N3O21S/c1-6-53(69)82-36-39(3)81-37-40(4)85-58(74)29-28-56(72)80-33-31-43-10-22-49(23-11-43)86-62(75)44-12-16-46(17-13-44)64(77)88-51-24-25-52(60-59(51)68-61(90-60)48(34-66)35-67)89-65(78)47-18-14-45(15-19-47)63(76)87-50-20-8-42(9-21-50)30-32-79-55(71)26-27-57(73)83-38-41(5)84-54(70)7-2/h6-11,20-25,39-41,44-47,68H,1-2,12-19,26-33,36-38H2,3-5H3. The first-order valence-corrected chi connectivity index (χ1v) is 30.2.